The van der Waals surface area contributed by atoms with Gasteiger partial charge in [-0.1, -0.05) is 42.3 Å². The van der Waals surface area contributed by atoms with Gasteiger partial charge in [0.2, 0.25) is 0 Å². The number of anilines is 1. The van der Waals surface area contributed by atoms with E-state index < -0.39 is 11.4 Å². The number of hydrogen-bond acceptors (Lipinski definition) is 5. The van der Waals surface area contributed by atoms with Crippen molar-refractivity contribution in [3.05, 3.63) is 87.0 Å². The second kappa shape index (κ2) is 8.46. The van der Waals surface area contributed by atoms with E-state index in [1.165, 1.54) is 17.0 Å². The fraction of sp³-hybridized carbons (Fsp3) is 0.130. The highest BCUT2D eigenvalue weighted by molar-refractivity contribution is 6.35. The number of imidazole rings is 1. The summed E-state index contributed by atoms with van der Waals surface area (Å²) < 4.78 is 15.7. The number of benzene rings is 2. The van der Waals surface area contributed by atoms with Crippen molar-refractivity contribution in [2.75, 3.05) is 5.32 Å². The molecule has 0 fully saturated rings. The van der Waals surface area contributed by atoms with E-state index in [4.69, 9.17) is 23.2 Å². The molecule has 1 atom stereocenters. The molecule has 166 valence electrons. The third kappa shape index (κ3) is 3.71. The molecular formula is C23H17Cl2FN6O. The molecule has 5 aromatic rings. The Labute approximate surface area is 197 Å². The summed E-state index contributed by atoms with van der Waals surface area (Å²) in [5.41, 5.74) is 1.91. The largest absolute Gasteiger partial charge is 0.360 e. The van der Waals surface area contributed by atoms with Crippen LogP contribution in [0, 0.1) is 5.82 Å². The zero-order chi connectivity index (χ0) is 23.1. The molecule has 5 rings (SSSR count). The van der Waals surface area contributed by atoms with Gasteiger partial charge in [-0.05, 0) is 42.1 Å². The zero-order valence-electron chi connectivity index (χ0n) is 17.3. The summed E-state index contributed by atoms with van der Waals surface area (Å²) in [6.45, 7) is 1.98. The van der Waals surface area contributed by atoms with Crippen molar-refractivity contribution in [3.8, 4) is 5.69 Å². The maximum Gasteiger partial charge on any atom is 0.264 e. The van der Waals surface area contributed by atoms with Gasteiger partial charge in [0.25, 0.3) is 5.56 Å². The number of halogens is 3. The van der Waals surface area contributed by atoms with E-state index in [-0.39, 0.29) is 16.5 Å². The number of nitrogens with one attached hydrogen (secondary N) is 2. The highest BCUT2D eigenvalue weighted by atomic mass is 35.5. The first kappa shape index (κ1) is 21.4. The Bertz CT molecular complexity index is 1560. The van der Waals surface area contributed by atoms with Gasteiger partial charge in [0.15, 0.2) is 11.5 Å². The summed E-state index contributed by atoms with van der Waals surface area (Å²) in [5.74, 6) is -0.130. The minimum atomic E-state index is -0.654. The molecule has 0 aliphatic carbocycles. The molecule has 33 heavy (non-hydrogen) atoms. The number of aromatic nitrogens is 5. The molecule has 0 bridgehead atoms. The van der Waals surface area contributed by atoms with Crippen molar-refractivity contribution < 1.29 is 4.39 Å². The lowest BCUT2D eigenvalue weighted by Crippen LogP contribution is -2.27. The van der Waals surface area contributed by atoms with Gasteiger partial charge in [-0.2, -0.15) is 0 Å². The molecule has 3 heterocycles. The molecule has 10 heteroatoms. The van der Waals surface area contributed by atoms with Crippen LogP contribution in [0.5, 0.6) is 0 Å². The average Bonchev–Trinajstić information content (AvgIpc) is 3.29. The van der Waals surface area contributed by atoms with Crippen LogP contribution < -0.4 is 10.9 Å². The van der Waals surface area contributed by atoms with Crippen LogP contribution in [-0.4, -0.2) is 24.5 Å². The maximum absolute atomic E-state index is 14.2. The number of nitrogens with zero attached hydrogens (tertiary/aromatic N) is 4. The van der Waals surface area contributed by atoms with Crippen LogP contribution in [0.3, 0.4) is 0 Å². The smallest absolute Gasteiger partial charge is 0.264 e. The van der Waals surface area contributed by atoms with Gasteiger partial charge in [0.05, 0.1) is 28.5 Å². The lowest BCUT2D eigenvalue weighted by Gasteiger charge is -2.23. The average molecular weight is 483 g/mol. The highest BCUT2D eigenvalue weighted by Crippen LogP contribution is 2.31. The van der Waals surface area contributed by atoms with Gasteiger partial charge in [-0.15, -0.1) is 0 Å². The highest BCUT2D eigenvalue weighted by Gasteiger charge is 2.22. The molecule has 0 spiro atoms. The minimum absolute atomic E-state index is 0.104. The standard InChI is InChI=1S/C23H17Cl2FN6O/c1-2-16(31-22-20-21(28-10-27-20)29-11-30-22)17-8-12-6-7-15(26)19(25)18(12)23(33)32(17)14-5-3-4-13(24)9-14/h3-11,16H,2H2,1H3,(H2,27,28,29,30,31). The number of fused-ring (bicyclic) bond motifs is 2. The van der Waals surface area contributed by atoms with Crippen molar-refractivity contribution in [1.29, 1.82) is 0 Å². The molecule has 0 radical (unpaired) electrons. The van der Waals surface area contributed by atoms with Crippen LogP contribution in [0.1, 0.15) is 25.1 Å². The topological polar surface area (TPSA) is 88.5 Å². The predicted octanol–water partition coefficient (Wildman–Crippen LogP) is 5.67. The number of hydrogen-bond donors (Lipinski definition) is 2. The van der Waals surface area contributed by atoms with Gasteiger partial charge >= 0.3 is 0 Å². The molecule has 0 aliphatic rings. The van der Waals surface area contributed by atoms with E-state index in [1.54, 1.807) is 36.7 Å². The van der Waals surface area contributed by atoms with E-state index >= 15 is 0 Å². The SMILES string of the molecule is CCC(Nc1ncnc2[nH]cnc12)c1cc2ccc(F)c(Cl)c2c(=O)n1-c1cccc(Cl)c1. The number of H-pyrrole nitrogens is 1. The number of pyridine rings is 1. The van der Waals surface area contributed by atoms with Gasteiger partial charge in [0.1, 0.15) is 17.7 Å². The molecular weight excluding hydrogens is 466 g/mol. The Morgan fingerprint density at radius 1 is 1.15 bits per heavy atom. The summed E-state index contributed by atoms with van der Waals surface area (Å²) in [6.07, 6.45) is 3.58. The van der Waals surface area contributed by atoms with Crippen molar-refractivity contribution in [2.45, 2.75) is 19.4 Å². The molecule has 7 nitrogen and oxygen atoms in total. The molecule has 2 N–H and O–H groups in total. The van der Waals surface area contributed by atoms with E-state index in [0.717, 1.165) is 0 Å². The molecule has 0 aliphatic heterocycles. The number of rotatable bonds is 5. The zero-order valence-corrected chi connectivity index (χ0v) is 18.8. The second-order valence-electron chi connectivity index (χ2n) is 7.44. The summed E-state index contributed by atoms with van der Waals surface area (Å²) in [6, 6.07) is 11.2. The Morgan fingerprint density at radius 3 is 2.79 bits per heavy atom. The van der Waals surface area contributed by atoms with Gasteiger partial charge in [0, 0.05) is 10.7 Å². The quantitative estimate of drug-likeness (QED) is 0.337. The second-order valence-corrected chi connectivity index (χ2v) is 8.26. The van der Waals surface area contributed by atoms with Crippen molar-refractivity contribution in [2.24, 2.45) is 0 Å². The lowest BCUT2D eigenvalue weighted by atomic mass is 10.0. The Morgan fingerprint density at radius 2 is 2.00 bits per heavy atom. The first-order valence-electron chi connectivity index (χ1n) is 10.2. The third-order valence-electron chi connectivity index (χ3n) is 5.47. The van der Waals surface area contributed by atoms with E-state index in [0.29, 0.717) is 45.2 Å². The van der Waals surface area contributed by atoms with Gasteiger partial charge < -0.3 is 10.3 Å². The first-order chi connectivity index (χ1) is 16.0. The molecule has 0 saturated heterocycles. The molecule has 3 aromatic heterocycles. The lowest BCUT2D eigenvalue weighted by molar-refractivity contribution is 0.629. The Kier molecular flexibility index (Phi) is 5.47. The third-order valence-corrected chi connectivity index (χ3v) is 6.07. The van der Waals surface area contributed by atoms with E-state index in [9.17, 15) is 9.18 Å². The Balaban J connectivity index is 1.76. The summed E-state index contributed by atoms with van der Waals surface area (Å²) in [7, 11) is 0. The van der Waals surface area contributed by atoms with E-state index in [1.807, 2.05) is 13.0 Å². The molecule has 0 saturated carbocycles. The van der Waals surface area contributed by atoms with Crippen molar-refractivity contribution >= 4 is 51.0 Å². The Hall–Kier alpha value is -3.49. The summed E-state index contributed by atoms with van der Waals surface area (Å²) in [4.78, 5) is 29.4. The van der Waals surface area contributed by atoms with Gasteiger partial charge in [-0.25, -0.2) is 19.3 Å². The molecule has 2 aromatic carbocycles. The first-order valence-corrected chi connectivity index (χ1v) is 10.9. The monoisotopic (exact) mass is 482 g/mol. The normalized spacial score (nSPS) is 12.4. The predicted molar refractivity (Wildman–Crippen MR) is 128 cm³/mol. The van der Waals surface area contributed by atoms with Crippen LogP contribution in [0.15, 0.2) is 59.9 Å². The molecule has 0 amide bonds. The number of aromatic amines is 1. The minimum Gasteiger partial charge on any atom is -0.360 e. The van der Waals surface area contributed by atoms with Gasteiger partial charge in [-0.3, -0.25) is 9.36 Å². The van der Waals surface area contributed by atoms with Crippen LogP contribution >= 0.6 is 23.2 Å². The summed E-state index contributed by atoms with van der Waals surface area (Å²) in [5, 5.41) is 4.27. The fourth-order valence-electron chi connectivity index (χ4n) is 3.91. The molecule has 1 unspecified atom stereocenters. The van der Waals surface area contributed by atoms with Crippen LogP contribution in [0.2, 0.25) is 10.0 Å². The maximum atomic E-state index is 14.2. The van der Waals surface area contributed by atoms with Crippen LogP contribution in [-0.2, 0) is 0 Å². The summed E-state index contributed by atoms with van der Waals surface area (Å²) >= 11 is 12.4. The van der Waals surface area contributed by atoms with Crippen LogP contribution in [0.25, 0.3) is 27.6 Å². The van der Waals surface area contributed by atoms with Crippen molar-refractivity contribution in [1.82, 2.24) is 24.5 Å². The van der Waals surface area contributed by atoms with E-state index in [2.05, 4.69) is 25.3 Å². The van der Waals surface area contributed by atoms with Crippen LogP contribution in [0.4, 0.5) is 10.2 Å². The van der Waals surface area contributed by atoms with Crippen molar-refractivity contribution in [3.63, 3.8) is 0 Å². The fourth-order valence-corrected chi connectivity index (χ4v) is 4.35.